The predicted octanol–water partition coefficient (Wildman–Crippen LogP) is 4.38. The highest BCUT2D eigenvalue weighted by Gasteiger charge is 2.08. The molecule has 13 heavy (non-hydrogen) atoms. The van der Waals surface area contributed by atoms with Crippen molar-refractivity contribution in [3.8, 4) is 0 Å². The quantitative estimate of drug-likeness (QED) is 0.539. The molecule has 4 heteroatoms. The molecule has 0 amide bonds. The van der Waals surface area contributed by atoms with Crippen LogP contribution in [-0.2, 0) is 5.88 Å². The maximum atomic E-state index is 13.5. The molecule has 0 nitrogen and oxygen atoms in total. The SMILES string of the molecule is Fc1cc(CCl)cc2scc(I)c12. The summed E-state index contributed by atoms with van der Waals surface area (Å²) < 4.78 is 15.4. The number of fused-ring (bicyclic) bond motifs is 1. The highest BCUT2D eigenvalue weighted by atomic mass is 127. The summed E-state index contributed by atoms with van der Waals surface area (Å²) in [4.78, 5) is 0. The summed E-state index contributed by atoms with van der Waals surface area (Å²) in [6.07, 6.45) is 0. The molecule has 0 atom stereocenters. The Bertz CT molecular complexity index is 452. The second kappa shape index (κ2) is 3.71. The van der Waals surface area contributed by atoms with Gasteiger partial charge in [-0.1, -0.05) is 0 Å². The molecule has 0 spiro atoms. The van der Waals surface area contributed by atoms with Gasteiger partial charge in [0.05, 0.1) is 0 Å². The van der Waals surface area contributed by atoms with E-state index >= 15 is 0 Å². The van der Waals surface area contributed by atoms with Crippen LogP contribution in [0.1, 0.15) is 5.56 Å². The fourth-order valence-corrected chi connectivity index (χ4v) is 3.37. The topological polar surface area (TPSA) is 0 Å². The van der Waals surface area contributed by atoms with E-state index in [4.69, 9.17) is 11.6 Å². The lowest BCUT2D eigenvalue weighted by atomic mass is 10.2. The molecule has 0 radical (unpaired) electrons. The van der Waals surface area contributed by atoms with Gasteiger partial charge >= 0.3 is 0 Å². The molecule has 68 valence electrons. The molecule has 0 saturated carbocycles. The molecule has 0 aliphatic carbocycles. The van der Waals surface area contributed by atoms with Crippen molar-refractivity contribution in [2.45, 2.75) is 5.88 Å². The minimum atomic E-state index is -0.168. The van der Waals surface area contributed by atoms with Crippen molar-refractivity contribution < 1.29 is 4.39 Å². The van der Waals surface area contributed by atoms with Crippen molar-refractivity contribution in [3.63, 3.8) is 0 Å². The molecule has 0 N–H and O–H groups in total. The fourth-order valence-electron chi connectivity index (χ4n) is 1.21. The summed E-state index contributed by atoms with van der Waals surface area (Å²) >= 11 is 9.33. The Morgan fingerprint density at radius 3 is 2.92 bits per heavy atom. The van der Waals surface area contributed by atoms with Crippen LogP contribution < -0.4 is 0 Å². The summed E-state index contributed by atoms with van der Waals surface area (Å²) in [6.45, 7) is 0. The minimum Gasteiger partial charge on any atom is -0.206 e. The first-order valence-corrected chi connectivity index (χ1v) is 6.12. The third-order valence-corrected chi connectivity index (χ3v) is 4.31. The lowest BCUT2D eigenvalue weighted by molar-refractivity contribution is 0.638. The number of rotatable bonds is 1. The standard InChI is InChI=1S/C9H5ClFIS/c10-3-5-1-6(11)9-7(12)4-13-8(9)2-5/h1-2,4H,3H2. The van der Waals surface area contributed by atoms with Crippen LogP contribution in [0, 0.1) is 9.39 Å². The summed E-state index contributed by atoms with van der Waals surface area (Å²) in [6, 6.07) is 3.45. The van der Waals surface area contributed by atoms with Gasteiger partial charge < -0.3 is 0 Å². The summed E-state index contributed by atoms with van der Waals surface area (Å²) in [5.74, 6) is 0.195. The summed E-state index contributed by atoms with van der Waals surface area (Å²) in [7, 11) is 0. The van der Waals surface area contributed by atoms with Gasteiger partial charge in [0.2, 0.25) is 0 Å². The van der Waals surface area contributed by atoms with Gasteiger partial charge in [-0.05, 0) is 40.3 Å². The Morgan fingerprint density at radius 1 is 1.46 bits per heavy atom. The zero-order valence-electron chi connectivity index (χ0n) is 6.48. The van der Waals surface area contributed by atoms with Crippen molar-refractivity contribution in [1.82, 2.24) is 0 Å². The maximum Gasteiger partial charge on any atom is 0.133 e. The molecule has 1 aromatic heterocycles. The number of hydrogen-bond acceptors (Lipinski definition) is 1. The Morgan fingerprint density at radius 2 is 2.23 bits per heavy atom. The van der Waals surface area contributed by atoms with Gasteiger partial charge in [-0.3, -0.25) is 0 Å². The molecule has 2 aromatic rings. The van der Waals surface area contributed by atoms with Crippen LogP contribution in [0.15, 0.2) is 17.5 Å². The fraction of sp³-hybridized carbons (Fsp3) is 0.111. The number of alkyl halides is 1. The summed E-state index contributed by atoms with van der Waals surface area (Å²) in [5.41, 5.74) is 0.838. The van der Waals surface area contributed by atoms with Crippen LogP contribution in [-0.4, -0.2) is 0 Å². The second-order valence-electron chi connectivity index (χ2n) is 2.67. The molecule has 2 rings (SSSR count). The van der Waals surface area contributed by atoms with E-state index in [0.29, 0.717) is 5.88 Å². The normalized spacial score (nSPS) is 11.0. The highest BCUT2D eigenvalue weighted by molar-refractivity contribution is 14.1. The van der Waals surface area contributed by atoms with E-state index in [2.05, 4.69) is 22.6 Å². The Balaban J connectivity index is 2.79. The molecule has 0 aliphatic heterocycles. The van der Waals surface area contributed by atoms with Crippen LogP contribution in [0.25, 0.3) is 10.1 Å². The molecule has 0 unspecified atom stereocenters. The third kappa shape index (κ3) is 1.69. The smallest absolute Gasteiger partial charge is 0.133 e. The zero-order chi connectivity index (χ0) is 9.42. The molecule has 1 aromatic carbocycles. The van der Waals surface area contributed by atoms with Crippen molar-refractivity contribution in [3.05, 3.63) is 32.5 Å². The van der Waals surface area contributed by atoms with E-state index in [1.54, 1.807) is 11.3 Å². The molecular weight excluding hydrogens is 322 g/mol. The zero-order valence-corrected chi connectivity index (χ0v) is 10.2. The molecule has 0 bridgehead atoms. The van der Waals surface area contributed by atoms with E-state index in [-0.39, 0.29) is 5.82 Å². The van der Waals surface area contributed by atoms with Crippen LogP contribution >= 0.6 is 45.5 Å². The first-order chi connectivity index (χ1) is 6.22. The van der Waals surface area contributed by atoms with E-state index in [1.807, 2.05) is 11.4 Å². The van der Waals surface area contributed by atoms with Crippen molar-refractivity contribution in [1.29, 1.82) is 0 Å². The van der Waals surface area contributed by atoms with Crippen LogP contribution in [0.4, 0.5) is 4.39 Å². The number of benzene rings is 1. The van der Waals surface area contributed by atoms with Gasteiger partial charge in [-0.25, -0.2) is 4.39 Å². The van der Waals surface area contributed by atoms with Crippen molar-refractivity contribution >= 4 is 55.6 Å². The van der Waals surface area contributed by atoms with Crippen LogP contribution in [0.2, 0.25) is 0 Å². The van der Waals surface area contributed by atoms with Gasteiger partial charge in [-0.2, -0.15) is 0 Å². The Labute approximate surface area is 97.8 Å². The van der Waals surface area contributed by atoms with Crippen LogP contribution in [0.3, 0.4) is 0 Å². The van der Waals surface area contributed by atoms with E-state index < -0.39 is 0 Å². The molecule has 0 fully saturated rings. The first kappa shape index (κ1) is 9.68. The monoisotopic (exact) mass is 326 g/mol. The number of hydrogen-bond donors (Lipinski definition) is 0. The average Bonchev–Trinajstić information content (AvgIpc) is 2.48. The highest BCUT2D eigenvalue weighted by Crippen LogP contribution is 2.30. The Hall–Kier alpha value is 0.130. The Kier molecular flexibility index (Phi) is 2.76. The van der Waals surface area contributed by atoms with Gasteiger partial charge in [0.1, 0.15) is 5.82 Å². The second-order valence-corrected chi connectivity index (χ2v) is 5.01. The first-order valence-electron chi connectivity index (χ1n) is 3.63. The maximum absolute atomic E-state index is 13.5. The summed E-state index contributed by atoms with van der Waals surface area (Å²) in [5, 5.41) is 2.67. The molecule has 0 saturated heterocycles. The number of thiophene rings is 1. The molecular formula is C9H5ClFIS. The van der Waals surface area contributed by atoms with Gasteiger partial charge in [-0.15, -0.1) is 22.9 Å². The average molecular weight is 327 g/mol. The third-order valence-electron chi connectivity index (χ3n) is 1.80. The largest absolute Gasteiger partial charge is 0.206 e. The van der Waals surface area contributed by atoms with E-state index in [0.717, 1.165) is 19.2 Å². The number of halogens is 3. The molecule has 1 heterocycles. The van der Waals surface area contributed by atoms with Gasteiger partial charge in [0.15, 0.2) is 0 Å². The molecule has 0 aliphatic rings. The van der Waals surface area contributed by atoms with Crippen LogP contribution in [0.5, 0.6) is 0 Å². The van der Waals surface area contributed by atoms with Gasteiger partial charge in [0, 0.05) is 24.9 Å². The van der Waals surface area contributed by atoms with E-state index in [1.165, 1.54) is 6.07 Å². The van der Waals surface area contributed by atoms with Gasteiger partial charge in [0.25, 0.3) is 0 Å². The lowest BCUT2D eigenvalue weighted by Crippen LogP contribution is -1.82. The van der Waals surface area contributed by atoms with E-state index in [9.17, 15) is 4.39 Å². The lowest BCUT2D eigenvalue weighted by Gasteiger charge is -1.98. The van der Waals surface area contributed by atoms with Crippen molar-refractivity contribution in [2.75, 3.05) is 0 Å². The van der Waals surface area contributed by atoms with Crippen molar-refractivity contribution in [2.24, 2.45) is 0 Å². The predicted molar refractivity (Wildman–Crippen MR) is 64.1 cm³/mol. The minimum absolute atomic E-state index is 0.168.